The number of methoxy groups -OCH3 is 1. The van der Waals surface area contributed by atoms with E-state index in [2.05, 4.69) is 5.32 Å². The first-order valence-electron chi connectivity index (χ1n) is 10.7. The lowest BCUT2D eigenvalue weighted by atomic mass is 10.1. The normalized spacial score (nSPS) is 12.2. The third kappa shape index (κ3) is 7.21. The number of amides is 2. The molecular weight excluding hydrogens is 442 g/mol. The predicted octanol–water partition coefficient (Wildman–Crippen LogP) is 2.71. The van der Waals surface area contributed by atoms with Crippen LogP contribution in [0.3, 0.4) is 0 Å². The van der Waals surface area contributed by atoms with Gasteiger partial charge in [-0.25, -0.2) is 8.42 Å². The van der Waals surface area contributed by atoms with Crippen LogP contribution in [0.5, 0.6) is 5.75 Å². The van der Waals surface area contributed by atoms with Gasteiger partial charge in [0.05, 0.1) is 19.1 Å². The second kappa shape index (κ2) is 11.2. The maximum Gasteiger partial charge on any atom is 0.244 e. The molecule has 0 saturated heterocycles. The van der Waals surface area contributed by atoms with Crippen molar-refractivity contribution in [1.82, 2.24) is 10.2 Å². The standard InChI is InChI=1S/C24H33N3O5S/c1-17(2)25-24(29)19(4)26(15-20-13-11-18(3)12-14-20)23(28)16-27(33(6,30)31)21-9-7-8-10-22(21)32-5/h7-14,17,19H,15-16H2,1-6H3,(H,25,29)/t19-/m1/s1. The Kier molecular flexibility index (Phi) is 8.87. The number of nitrogens with one attached hydrogen (secondary N) is 1. The number of benzene rings is 2. The number of carbonyl (C=O) groups excluding carboxylic acids is 2. The molecule has 0 heterocycles. The Bertz CT molecular complexity index is 1070. The minimum absolute atomic E-state index is 0.0997. The fourth-order valence-electron chi connectivity index (χ4n) is 3.31. The molecule has 8 nitrogen and oxygen atoms in total. The van der Waals surface area contributed by atoms with Crippen LogP contribution >= 0.6 is 0 Å². The van der Waals surface area contributed by atoms with Gasteiger partial charge in [0.2, 0.25) is 21.8 Å². The summed E-state index contributed by atoms with van der Waals surface area (Å²) in [5.74, 6) is -0.488. The van der Waals surface area contributed by atoms with Crippen molar-refractivity contribution in [3.63, 3.8) is 0 Å². The molecule has 0 aromatic heterocycles. The van der Waals surface area contributed by atoms with Crippen LogP contribution in [0.4, 0.5) is 5.69 Å². The van der Waals surface area contributed by atoms with E-state index >= 15 is 0 Å². The summed E-state index contributed by atoms with van der Waals surface area (Å²) in [7, 11) is -2.38. The Balaban J connectivity index is 2.42. The molecule has 2 aromatic carbocycles. The largest absolute Gasteiger partial charge is 0.495 e. The summed E-state index contributed by atoms with van der Waals surface area (Å²) in [6, 6.07) is 13.3. The fraction of sp³-hybridized carbons (Fsp3) is 0.417. The first-order chi connectivity index (χ1) is 15.4. The second-order valence-electron chi connectivity index (χ2n) is 8.29. The molecule has 2 aromatic rings. The van der Waals surface area contributed by atoms with E-state index in [0.29, 0.717) is 5.75 Å². The molecule has 0 aliphatic rings. The molecular formula is C24H33N3O5S. The van der Waals surface area contributed by atoms with Gasteiger partial charge in [-0.1, -0.05) is 42.0 Å². The Labute approximate surface area is 196 Å². The summed E-state index contributed by atoms with van der Waals surface area (Å²) in [6.07, 6.45) is 1.03. The molecule has 180 valence electrons. The Hall–Kier alpha value is -3.07. The summed E-state index contributed by atoms with van der Waals surface area (Å²) < 4.78 is 31.6. The summed E-state index contributed by atoms with van der Waals surface area (Å²) in [4.78, 5) is 27.6. The second-order valence-corrected chi connectivity index (χ2v) is 10.2. The smallest absolute Gasteiger partial charge is 0.244 e. The van der Waals surface area contributed by atoms with Crippen LogP contribution in [0.15, 0.2) is 48.5 Å². The third-order valence-corrected chi connectivity index (χ3v) is 6.23. The minimum Gasteiger partial charge on any atom is -0.495 e. The molecule has 0 aliphatic carbocycles. The molecule has 1 atom stereocenters. The van der Waals surface area contributed by atoms with E-state index in [4.69, 9.17) is 4.74 Å². The van der Waals surface area contributed by atoms with Crippen molar-refractivity contribution in [2.75, 3.05) is 24.2 Å². The van der Waals surface area contributed by atoms with Gasteiger partial charge >= 0.3 is 0 Å². The van der Waals surface area contributed by atoms with Gasteiger partial charge in [-0.15, -0.1) is 0 Å². The van der Waals surface area contributed by atoms with Crippen LogP contribution in [0.2, 0.25) is 0 Å². The highest BCUT2D eigenvalue weighted by Gasteiger charge is 2.31. The monoisotopic (exact) mass is 475 g/mol. The first-order valence-corrected chi connectivity index (χ1v) is 12.5. The van der Waals surface area contributed by atoms with E-state index in [1.807, 2.05) is 45.0 Å². The third-order valence-electron chi connectivity index (χ3n) is 5.10. The molecule has 33 heavy (non-hydrogen) atoms. The molecule has 2 amide bonds. The topological polar surface area (TPSA) is 96.0 Å². The van der Waals surface area contributed by atoms with Crippen molar-refractivity contribution in [2.24, 2.45) is 0 Å². The van der Waals surface area contributed by atoms with Crippen molar-refractivity contribution >= 4 is 27.5 Å². The maximum atomic E-state index is 13.5. The highest BCUT2D eigenvalue weighted by molar-refractivity contribution is 7.92. The molecule has 2 rings (SSSR count). The van der Waals surface area contributed by atoms with Crippen LogP contribution in [-0.2, 0) is 26.2 Å². The van der Waals surface area contributed by atoms with Crippen molar-refractivity contribution in [2.45, 2.75) is 46.3 Å². The number of carbonyl (C=O) groups is 2. The molecule has 0 spiro atoms. The number of para-hydroxylation sites is 2. The number of anilines is 1. The van der Waals surface area contributed by atoms with Crippen molar-refractivity contribution in [3.8, 4) is 5.75 Å². The van der Waals surface area contributed by atoms with E-state index in [1.54, 1.807) is 31.2 Å². The lowest BCUT2D eigenvalue weighted by molar-refractivity contribution is -0.139. The van der Waals surface area contributed by atoms with E-state index < -0.39 is 28.5 Å². The highest BCUT2D eigenvalue weighted by atomic mass is 32.2. The zero-order chi connectivity index (χ0) is 24.8. The molecule has 0 bridgehead atoms. The summed E-state index contributed by atoms with van der Waals surface area (Å²) >= 11 is 0. The van der Waals surface area contributed by atoms with Crippen molar-refractivity contribution < 1.29 is 22.7 Å². The summed E-state index contributed by atoms with van der Waals surface area (Å²) in [5, 5.41) is 2.82. The lowest BCUT2D eigenvalue weighted by Gasteiger charge is -2.32. The molecule has 0 unspecified atom stereocenters. The van der Waals surface area contributed by atoms with Gasteiger partial charge in [0, 0.05) is 12.6 Å². The number of nitrogens with zero attached hydrogens (tertiary/aromatic N) is 2. The van der Waals surface area contributed by atoms with Gasteiger partial charge in [0.25, 0.3) is 0 Å². The van der Waals surface area contributed by atoms with Gasteiger partial charge < -0.3 is 15.0 Å². The van der Waals surface area contributed by atoms with Crippen LogP contribution in [0, 0.1) is 6.92 Å². The zero-order valence-electron chi connectivity index (χ0n) is 20.0. The number of ether oxygens (including phenoxy) is 1. The van der Waals surface area contributed by atoms with E-state index in [-0.39, 0.29) is 24.2 Å². The molecule has 1 N–H and O–H groups in total. The van der Waals surface area contributed by atoms with Crippen LogP contribution < -0.4 is 14.4 Å². The zero-order valence-corrected chi connectivity index (χ0v) is 20.8. The predicted molar refractivity (Wildman–Crippen MR) is 130 cm³/mol. The van der Waals surface area contributed by atoms with Crippen molar-refractivity contribution in [3.05, 3.63) is 59.7 Å². The number of aryl methyl sites for hydroxylation is 1. The molecule has 0 saturated carbocycles. The van der Waals surface area contributed by atoms with Gasteiger partial charge in [-0.05, 0) is 45.4 Å². The van der Waals surface area contributed by atoms with Gasteiger partial charge in [-0.3, -0.25) is 13.9 Å². The van der Waals surface area contributed by atoms with Gasteiger partial charge in [-0.2, -0.15) is 0 Å². The number of hydrogen-bond acceptors (Lipinski definition) is 5. The average Bonchev–Trinajstić information content (AvgIpc) is 2.75. The number of sulfonamides is 1. The number of hydrogen-bond donors (Lipinski definition) is 1. The van der Waals surface area contributed by atoms with E-state index in [0.717, 1.165) is 21.7 Å². The minimum atomic E-state index is -3.82. The highest BCUT2D eigenvalue weighted by Crippen LogP contribution is 2.29. The van der Waals surface area contributed by atoms with Gasteiger partial charge in [0.1, 0.15) is 18.3 Å². The summed E-state index contributed by atoms with van der Waals surface area (Å²) in [5.41, 5.74) is 2.16. The molecule has 0 radical (unpaired) electrons. The lowest BCUT2D eigenvalue weighted by Crippen LogP contribution is -2.52. The van der Waals surface area contributed by atoms with Crippen LogP contribution in [0.1, 0.15) is 31.9 Å². The first kappa shape index (κ1) is 26.2. The van der Waals surface area contributed by atoms with E-state index in [1.165, 1.54) is 12.0 Å². The Morgan fingerprint density at radius 3 is 2.18 bits per heavy atom. The van der Waals surface area contributed by atoms with Crippen LogP contribution in [0.25, 0.3) is 0 Å². The maximum absolute atomic E-state index is 13.5. The van der Waals surface area contributed by atoms with Crippen molar-refractivity contribution in [1.29, 1.82) is 0 Å². The van der Waals surface area contributed by atoms with E-state index in [9.17, 15) is 18.0 Å². The average molecular weight is 476 g/mol. The molecule has 9 heteroatoms. The SMILES string of the molecule is COc1ccccc1N(CC(=O)N(Cc1ccc(C)cc1)[C@H](C)C(=O)NC(C)C)S(C)(=O)=O. The quantitative estimate of drug-likeness (QED) is 0.570. The Morgan fingerprint density at radius 2 is 1.64 bits per heavy atom. The van der Waals surface area contributed by atoms with Crippen LogP contribution in [-0.4, -0.2) is 57.1 Å². The summed E-state index contributed by atoms with van der Waals surface area (Å²) in [6.45, 7) is 6.97. The molecule has 0 fully saturated rings. The molecule has 0 aliphatic heterocycles. The van der Waals surface area contributed by atoms with Gasteiger partial charge in [0.15, 0.2) is 0 Å². The fourth-order valence-corrected chi connectivity index (χ4v) is 4.16. The number of rotatable bonds is 10. The Morgan fingerprint density at radius 1 is 1.03 bits per heavy atom.